The van der Waals surface area contributed by atoms with Crippen LogP contribution in [0.5, 0.6) is 5.75 Å². The van der Waals surface area contributed by atoms with Crippen LogP contribution in [-0.2, 0) is 16.0 Å². The average Bonchev–Trinajstić information content (AvgIpc) is 2.86. The Morgan fingerprint density at radius 2 is 1.59 bits per heavy atom. The SMILES string of the molecule is CCCCCCCN(CCOc1ccc(CC(OCC)C(=O)O)cc1)C(=O)Nc1cc(C)c(C)cc1C. The Kier molecular flexibility index (Phi) is 13.0. The Morgan fingerprint density at radius 1 is 0.919 bits per heavy atom. The normalized spacial score (nSPS) is 11.7. The number of amides is 2. The summed E-state index contributed by atoms with van der Waals surface area (Å²) in [4.78, 5) is 26.3. The molecule has 0 saturated heterocycles. The van der Waals surface area contributed by atoms with Gasteiger partial charge in [0.05, 0.1) is 6.54 Å². The van der Waals surface area contributed by atoms with Gasteiger partial charge in [-0.15, -0.1) is 0 Å². The number of hydrogen-bond acceptors (Lipinski definition) is 4. The fraction of sp³-hybridized carbons (Fsp3) is 0.533. The lowest BCUT2D eigenvalue weighted by molar-refractivity contribution is -0.149. The standard InChI is InChI=1S/C30H44N2O5/c1-6-8-9-10-11-16-32(30(35)31-27-20-23(4)22(3)19-24(27)5)17-18-37-26-14-12-25(13-15-26)21-28(29(33)34)36-7-2/h12-15,19-20,28H,6-11,16-18,21H2,1-5H3,(H,31,35)(H,33,34). The number of carbonyl (C=O) groups is 2. The van der Waals surface area contributed by atoms with E-state index in [1.807, 2.05) is 49.1 Å². The van der Waals surface area contributed by atoms with E-state index in [-0.39, 0.29) is 6.03 Å². The first-order valence-corrected chi connectivity index (χ1v) is 13.4. The first-order chi connectivity index (χ1) is 17.7. The first-order valence-electron chi connectivity index (χ1n) is 13.4. The number of carboxylic acid groups (broad SMARTS) is 1. The Balaban J connectivity index is 1.96. The van der Waals surface area contributed by atoms with Crippen LogP contribution in [0.2, 0.25) is 0 Å². The molecule has 2 aromatic rings. The number of nitrogens with zero attached hydrogens (tertiary/aromatic N) is 1. The van der Waals surface area contributed by atoms with Gasteiger partial charge in [-0.2, -0.15) is 0 Å². The van der Waals surface area contributed by atoms with Crippen molar-refractivity contribution in [3.05, 3.63) is 58.7 Å². The summed E-state index contributed by atoms with van der Waals surface area (Å²) in [6.07, 6.45) is 5.07. The molecule has 0 aromatic heterocycles. The molecule has 0 bridgehead atoms. The van der Waals surface area contributed by atoms with E-state index in [0.29, 0.717) is 38.5 Å². The van der Waals surface area contributed by atoms with Gasteiger partial charge < -0.3 is 24.8 Å². The third-order valence-corrected chi connectivity index (χ3v) is 6.52. The van der Waals surface area contributed by atoms with E-state index >= 15 is 0 Å². The predicted molar refractivity (Wildman–Crippen MR) is 149 cm³/mol. The molecule has 7 nitrogen and oxygen atoms in total. The number of aryl methyl sites for hydroxylation is 3. The van der Waals surface area contributed by atoms with Gasteiger partial charge >= 0.3 is 12.0 Å². The second-order valence-electron chi connectivity index (χ2n) is 9.56. The zero-order valence-corrected chi connectivity index (χ0v) is 23.1. The smallest absolute Gasteiger partial charge is 0.333 e. The lowest BCUT2D eigenvalue weighted by atomic mass is 10.1. The lowest BCUT2D eigenvalue weighted by Crippen LogP contribution is -2.38. The fourth-order valence-corrected chi connectivity index (χ4v) is 4.14. The monoisotopic (exact) mass is 512 g/mol. The fourth-order valence-electron chi connectivity index (χ4n) is 4.14. The van der Waals surface area contributed by atoms with Crippen molar-refractivity contribution >= 4 is 17.7 Å². The molecule has 0 heterocycles. The lowest BCUT2D eigenvalue weighted by Gasteiger charge is -2.24. The molecule has 0 saturated carbocycles. The summed E-state index contributed by atoms with van der Waals surface area (Å²) in [6, 6.07) is 11.4. The minimum Gasteiger partial charge on any atom is -0.492 e. The Labute approximate surface area is 222 Å². The highest BCUT2D eigenvalue weighted by molar-refractivity contribution is 5.90. The molecule has 2 aromatic carbocycles. The van der Waals surface area contributed by atoms with Crippen molar-refractivity contribution in [2.75, 3.05) is 31.6 Å². The van der Waals surface area contributed by atoms with Crippen LogP contribution < -0.4 is 10.1 Å². The van der Waals surface area contributed by atoms with E-state index in [9.17, 15) is 14.7 Å². The molecular formula is C30H44N2O5. The third kappa shape index (κ3) is 10.4. The van der Waals surface area contributed by atoms with Crippen LogP contribution in [0.3, 0.4) is 0 Å². The Bertz CT molecular complexity index is 990. The van der Waals surface area contributed by atoms with Gasteiger partial charge in [-0.3, -0.25) is 0 Å². The highest BCUT2D eigenvalue weighted by Gasteiger charge is 2.18. The molecule has 0 aliphatic rings. The van der Waals surface area contributed by atoms with E-state index in [0.717, 1.165) is 35.2 Å². The van der Waals surface area contributed by atoms with Gasteiger partial charge in [0.25, 0.3) is 0 Å². The summed E-state index contributed by atoms with van der Waals surface area (Å²) >= 11 is 0. The van der Waals surface area contributed by atoms with Crippen molar-refractivity contribution in [2.24, 2.45) is 0 Å². The number of unbranched alkanes of at least 4 members (excludes halogenated alkanes) is 4. The highest BCUT2D eigenvalue weighted by atomic mass is 16.5. The molecule has 37 heavy (non-hydrogen) atoms. The predicted octanol–water partition coefficient (Wildman–Crippen LogP) is 6.53. The minimum absolute atomic E-state index is 0.114. The van der Waals surface area contributed by atoms with E-state index in [1.54, 1.807) is 6.92 Å². The summed E-state index contributed by atoms with van der Waals surface area (Å²) in [5.74, 6) is -0.286. The van der Waals surface area contributed by atoms with Gasteiger partial charge in [-0.05, 0) is 74.6 Å². The van der Waals surface area contributed by atoms with Crippen molar-refractivity contribution in [2.45, 2.75) is 79.2 Å². The second-order valence-corrected chi connectivity index (χ2v) is 9.56. The van der Waals surface area contributed by atoms with E-state index in [4.69, 9.17) is 9.47 Å². The highest BCUT2D eigenvalue weighted by Crippen LogP contribution is 2.21. The molecule has 1 unspecified atom stereocenters. The molecule has 7 heteroatoms. The number of carboxylic acids is 1. The van der Waals surface area contributed by atoms with Crippen molar-refractivity contribution in [3.8, 4) is 5.75 Å². The average molecular weight is 513 g/mol. The maximum absolute atomic E-state index is 13.2. The summed E-state index contributed by atoms with van der Waals surface area (Å²) < 4.78 is 11.2. The van der Waals surface area contributed by atoms with Gasteiger partial charge in [0.15, 0.2) is 6.10 Å². The molecule has 0 aliphatic heterocycles. The molecule has 1 atom stereocenters. The Morgan fingerprint density at radius 3 is 2.24 bits per heavy atom. The second kappa shape index (κ2) is 15.9. The van der Waals surface area contributed by atoms with Crippen LogP contribution in [0.4, 0.5) is 10.5 Å². The van der Waals surface area contributed by atoms with Crippen LogP contribution in [0.25, 0.3) is 0 Å². The molecule has 0 fully saturated rings. The number of rotatable bonds is 16. The number of benzene rings is 2. The Hall–Kier alpha value is -3.06. The first kappa shape index (κ1) is 30.2. The van der Waals surface area contributed by atoms with Crippen LogP contribution in [0, 0.1) is 20.8 Å². The number of anilines is 1. The molecule has 0 radical (unpaired) electrons. The number of ether oxygens (including phenoxy) is 2. The number of aliphatic carboxylic acids is 1. The van der Waals surface area contributed by atoms with Gasteiger partial charge in [0.2, 0.25) is 0 Å². The van der Waals surface area contributed by atoms with E-state index < -0.39 is 12.1 Å². The zero-order valence-electron chi connectivity index (χ0n) is 23.1. The quantitative estimate of drug-likeness (QED) is 0.250. The summed E-state index contributed by atoms with van der Waals surface area (Å²) in [7, 11) is 0. The van der Waals surface area contributed by atoms with Gasteiger partial charge in [0.1, 0.15) is 12.4 Å². The van der Waals surface area contributed by atoms with Crippen LogP contribution in [0.15, 0.2) is 36.4 Å². The van der Waals surface area contributed by atoms with Crippen LogP contribution >= 0.6 is 0 Å². The molecule has 2 rings (SSSR count). The van der Waals surface area contributed by atoms with Crippen molar-refractivity contribution < 1.29 is 24.2 Å². The molecule has 0 spiro atoms. The van der Waals surface area contributed by atoms with Gasteiger partial charge in [0, 0.05) is 25.3 Å². The molecule has 2 N–H and O–H groups in total. The summed E-state index contributed by atoms with van der Waals surface area (Å²) in [5, 5.41) is 12.4. The van der Waals surface area contributed by atoms with Crippen LogP contribution in [-0.4, -0.2) is 54.4 Å². The van der Waals surface area contributed by atoms with Crippen LogP contribution in [0.1, 0.15) is 68.2 Å². The van der Waals surface area contributed by atoms with Crippen molar-refractivity contribution in [1.82, 2.24) is 4.90 Å². The van der Waals surface area contributed by atoms with Gasteiger partial charge in [-0.25, -0.2) is 9.59 Å². The van der Waals surface area contributed by atoms with Crippen molar-refractivity contribution in [3.63, 3.8) is 0 Å². The number of urea groups is 1. The topological polar surface area (TPSA) is 88.1 Å². The van der Waals surface area contributed by atoms with E-state index in [2.05, 4.69) is 25.2 Å². The number of nitrogens with one attached hydrogen (secondary N) is 1. The largest absolute Gasteiger partial charge is 0.492 e. The number of hydrogen-bond donors (Lipinski definition) is 2. The molecule has 0 aliphatic carbocycles. The summed E-state index contributed by atoms with van der Waals surface area (Å²) in [5.41, 5.74) is 5.11. The number of carbonyl (C=O) groups excluding carboxylic acids is 1. The van der Waals surface area contributed by atoms with Gasteiger partial charge in [-0.1, -0.05) is 50.8 Å². The maximum Gasteiger partial charge on any atom is 0.333 e. The molecule has 204 valence electrons. The molecular weight excluding hydrogens is 468 g/mol. The van der Waals surface area contributed by atoms with Crippen molar-refractivity contribution in [1.29, 1.82) is 0 Å². The molecule has 2 amide bonds. The third-order valence-electron chi connectivity index (χ3n) is 6.52. The van der Waals surface area contributed by atoms with E-state index in [1.165, 1.54) is 24.8 Å². The minimum atomic E-state index is -0.966. The zero-order chi connectivity index (χ0) is 27.2. The summed E-state index contributed by atoms with van der Waals surface area (Å²) in [6.45, 7) is 12.0. The maximum atomic E-state index is 13.2.